The zero-order chi connectivity index (χ0) is 24.6. The molecule has 3 rings (SSSR count). The summed E-state index contributed by atoms with van der Waals surface area (Å²) in [5, 5.41) is 0. The van der Waals surface area contributed by atoms with Gasteiger partial charge in [0, 0.05) is 0 Å². The molecule has 0 bridgehead atoms. The van der Waals surface area contributed by atoms with Gasteiger partial charge in [0.1, 0.15) is 5.75 Å². The predicted octanol–water partition coefficient (Wildman–Crippen LogP) is 11.3. The summed E-state index contributed by atoms with van der Waals surface area (Å²) >= 11 is 0. The summed E-state index contributed by atoms with van der Waals surface area (Å²) < 4.78 is 6.13. The number of hydrogen-bond donors (Lipinski definition) is 0. The molecule has 1 heteroatoms. The van der Waals surface area contributed by atoms with Crippen molar-refractivity contribution in [1.82, 2.24) is 0 Å². The monoisotopic (exact) mass is 482 g/mol. The number of benzene rings is 1. The van der Waals surface area contributed by atoms with E-state index in [1.54, 1.807) is 5.56 Å². The lowest BCUT2D eigenvalue weighted by atomic mass is 9.77. The summed E-state index contributed by atoms with van der Waals surface area (Å²) in [5.74, 6) is 4.84. The van der Waals surface area contributed by atoms with Crippen LogP contribution >= 0.6 is 0 Å². The molecule has 1 nitrogen and oxygen atoms in total. The summed E-state index contributed by atoms with van der Waals surface area (Å²) in [6.45, 7) is 5.51. The van der Waals surface area contributed by atoms with Crippen molar-refractivity contribution in [3.8, 4) is 5.75 Å². The molecule has 0 unspecified atom stereocenters. The maximum Gasteiger partial charge on any atom is 0.119 e. The first-order valence-electron chi connectivity index (χ1n) is 16.0. The molecular weight excluding hydrogens is 424 g/mol. The highest BCUT2D eigenvalue weighted by Crippen LogP contribution is 2.38. The van der Waals surface area contributed by atoms with E-state index in [4.69, 9.17) is 4.74 Å². The Bertz CT molecular complexity index is 618. The summed E-state index contributed by atoms with van der Waals surface area (Å²) in [4.78, 5) is 0. The van der Waals surface area contributed by atoms with E-state index in [-0.39, 0.29) is 0 Å². The van der Waals surface area contributed by atoms with Gasteiger partial charge in [0.05, 0.1) is 6.61 Å². The smallest absolute Gasteiger partial charge is 0.119 e. The summed E-state index contributed by atoms with van der Waals surface area (Å²) in [6, 6.07) is 9.17. The van der Waals surface area contributed by atoms with Gasteiger partial charge in [-0.1, -0.05) is 122 Å². The second kappa shape index (κ2) is 17.5. The predicted molar refractivity (Wildman–Crippen MR) is 153 cm³/mol. The van der Waals surface area contributed by atoms with Crippen LogP contribution in [0.1, 0.15) is 160 Å². The Labute approximate surface area is 219 Å². The van der Waals surface area contributed by atoms with Crippen molar-refractivity contribution in [2.24, 2.45) is 17.8 Å². The maximum atomic E-state index is 6.13. The fourth-order valence-electron chi connectivity index (χ4n) is 6.89. The van der Waals surface area contributed by atoms with Crippen LogP contribution in [-0.4, -0.2) is 6.61 Å². The van der Waals surface area contributed by atoms with Crippen LogP contribution in [-0.2, 0) is 0 Å². The van der Waals surface area contributed by atoms with E-state index >= 15 is 0 Å². The molecule has 200 valence electrons. The van der Waals surface area contributed by atoms with Crippen LogP contribution < -0.4 is 4.74 Å². The van der Waals surface area contributed by atoms with Gasteiger partial charge in [0.15, 0.2) is 0 Å². The van der Waals surface area contributed by atoms with Crippen molar-refractivity contribution < 1.29 is 4.74 Å². The Morgan fingerprint density at radius 3 is 1.54 bits per heavy atom. The molecule has 1 aromatic rings. The van der Waals surface area contributed by atoms with Crippen molar-refractivity contribution >= 4 is 0 Å². The molecule has 0 spiro atoms. The lowest BCUT2D eigenvalue weighted by Crippen LogP contribution is -2.15. The van der Waals surface area contributed by atoms with Crippen LogP contribution in [0, 0.1) is 17.8 Å². The molecule has 2 aliphatic rings. The van der Waals surface area contributed by atoms with Gasteiger partial charge in [-0.2, -0.15) is 0 Å². The first-order valence-corrected chi connectivity index (χ1v) is 16.0. The lowest BCUT2D eigenvalue weighted by molar-refractivity contribution is 0.228. The molecule has 1 aromatic carbocycles. The molecule has 0 aromatic heterocycles. The third-order valence-corrected chi connectivity index (χ3v) is 9.37. The van der Waals surface area contributed by atoms with Crippen molar-refractivity contribution in [2.45, 2.75) is 155 Å². The minimum absolute atomic E-state index is 0.780. The Morgan fingerprint density at radius 2 is 1.00 bits per heavy atom. The Kier molecular flexibility index (Phi) is 14.3. The Morgan fingerprint density at radius 1 is 0.543 bits per heavy atom. The second-order valence-corrected chi connectivity index (χ2v) is 12.2. The summed E-state index contributed by atoms with van der Waals surface area (Å²) in [5.41, 5.74) is 1.55. The average Bonchev–Trinajstić information content (AvgIpc) is 2.90. The van der Waals surface area contributed by atoms with E-state index in [1.165, 1.54) is 135 Å². The largest absolute Gasteiger partial charge is 0.494 e. The summed E-state index contributed by atoms with van der Waals surface area (Å²) in [7, 11) is 0. The van der Waals surface area contributed by atoms with Gasteiger partial charge in [-0.25, -0.2) is 0 Å². The number of hydrogen-bond acceptors (Lipinski definition) is 1. The van der Waals surface area contributed by atoms with E-state index < -0.39 is 0 Å². The van der Waals surface area contributed by atoms with Crippen LogP contribution in [0.2, 0.25) is 0 Å². The third kappa shape index (κ3) is 11.3. The van der Waals surface area contributed by atoms with Crippen molar-refractivity contribution in [3.63, 3.8) is 0 Å². The first kappa shape index (κ1) is 28.6. The van der Waals surface area contributed by atoms with Crippen molar-refractivity contribution in [3.05, 3.63) is 29.8 Å². The van der Waals surface area contributed by atoms with Crippen LogP contribution in [0.15, 0.2) is 24.3 Å². The van der Waals surface area contributed by atoms with E-state index in [0.717, 1.165) is 36.0 Å². The summed E-state index contributed by atoms with van der Waals surface area (Å²) in [6.07, 6.45) is 30.0. The standard InChI is InChI=1S/C34H58O/c1-3-5-7-9-11-14-29-16-18-31(19-17-29)15-12-28-35-34-26-24-33(25-27-34)32-22-20-30(21-23-32)13-10-8-6-4-2/h24-27,29-32H,3-23,28H2,1-2H3. The van der Waals surface area contributed by atoms with Crippen LogP contribution in [0.5, 0.6) is 5.75 Å². The quantitative estimate of drug-likeness (QED) is 0.201. The first-order chi connectivity index (χ1) is 17.3. The number of rotatable bonds is 17. The van der Waals surface area contributed by atoms with Gasteiger partial charge in [0.2, 0.25) is 0 Å². The average molecular weight is 483 g/mol. The molecule has 2 fully saturated rings. The van der Waals surface area contributed by atoms with E-state index in [0.29, 0.717) is 0 Å². The molecule has 0 atom stereocenters. The van der Waals surface area contributed by atoms with Crippen LogP contribution in [0.3, 0.4) is 0 Å². The topological polar surface area (TPSA) is 9.23 Å². The van der Waals surface area contributed by atoms with Gasteiger partial charge in [-0.15, -0.1) is 0 Å². The zero-order valence-electron chi connectivity index (χ0n) is 23.6. The Hall–Kier alpha value is -0.980. The number of ether oxygens (including phenoxy) is 1. The minimum atomic E-state index is 0.780. The SMILES string of the molecule is CCCCCCCC1CCC(CCCOc2ccc(C3CCC(CCCCCC)CC3)cc2)CC1. The molecule has 35 heavy (non-hydrogen) atoms. The maximum absolute atomic E-state index is 6.13. The van der Waals surface area contributed by atoms with E-state index in [1.807, 2.05) is 0 Å². The van der Waals surface area contributed by atoms with Gasteiger partial charge in [-0.3, -0.25) is 0 Å². The molecule has 0 N–H and O–H groups in total. The zero-order valence-corrected chi connectivity index (χ0v) is 23.6. The highest BCUT2D eigenvalue weighted by molar-refractivity contribution is 5.29. The third-order valence-electron chi connectivity index (χ3n) is 9.37. The van der Waals surface area contributed by atoms with Gasteiger partial charge < -0.3 is 4.74 Å². The fraction of sp³-hybridized carbons (Fsp3) is 0.824. The normalized spacial score (nSPS) is 25.0. The molecular formula is C34H58O. The highest BCUT2D eigenvalue weighted by Gasteiger charge is 2.22. The molecule has 0 amide bonds. The lowest BCUT2D eigenvalue weighted by Gasteiger charge is -2.29. The molecule has 2 saturated carbocycles. The fourth-order valence-corrected chi connectivity index (χ4v) is 6.89. The molecule has 0 heterocycles. The molecule has 2 aliphatic carbocycles. The van der Waals surface area contributed by atoms with Crippen LogP contribution in [0.25, 0.3) is 0 Å². The Balaban J connectivity index is 1.22. The van der Waals surface area contributed by atoms with Crippen molar-refractivity contribution in [1.29, 1.82) is 0 Å². The van der Waals surface area contributed by atoms with E-state index in [9.17, 15) is 0 Å². The molecule has 0 radical (unpaired) electrons. The van der Waals surface area contributed by atoms with Gasteiger partial charge >= 0.3 is 0 Å². The van der Waals surface area contributed by atoms with Gasteiger partial charge in [0.25, 0.3) is 0 Å². The number of unbranched alkanes of at least 4 members (excludes halogenated alkanes) is 7. The highest BCUT2D eigenvalue weighted by atomic mass is 16.5. The van der Waals surface area contributed by atoms with Crippen molar-refractivity contribution in [2.75, 3.05) is 6.61 Å². The van der Waals surface area contributed by atoms with E-state index in [2.05, 4.69) is 38.1 Å². The minimum Gasteiger partial charge on any atom is -0.494 e. The van der Waals surface area contributed by atoms with Gasteiger partial charge in [-0.05, 0) is 79.9 Å². The molecule has 0 aliphatic heterocycles. The second-order valence-electron chi connectivity index (χ2n) is 12.2. The van der Waals surface area contributed by atoms with Crippen LogP contribution in [0.4, 0.5) is 0 Å². The molecule has 0 saturated heterocycles.